The van der Waals surface area contributed by atoms with Gasteiger partial charge in [0.05, 0.1) is 16.4 Å². The predicted molar refractivity (Wildman–Crippen MR) is 208 cm³/mol. The number of benzene rings is 8. The Morgan fingerprint density at radius 3 is 1.54 bits per heavy atom. The molecule has 0 unspecified atom stereocenters. The van der Waals surface area contributed by atoms with E-state index in [0.29, 0.717) is 0 Å². The molecule has 0 fully saturated rings. The van der Waals surface area contributed by atoms with Gasteiger partial charge in [0.25, 0.3) is 0 Å². The number of aromatic nitrogens is 1. The van der Waals surface area contributed by atoms with Crippen molar-refractivity contribution in [1.82, 2.24) is 4.57 Å². The second-order valence-electron chi connectivity index (χ2n) is 13.6. The maximum atomic E-state index is 2.48. The minimum Gasteiger partial charge on any atom is -0.309 e. The Labute approximate surface area is 291 Å². The van der Waals surface area contributed by atoms with Crippen LogP contribution in [-0.4, -0.2) is 4.57 Å². The Hall–Kier alpha value is -6.44. The van der Waals surface area contributed by atoms with E-state index in [0.717, 1.165) is 0 Å². The Kier molecular flexibility index (Phi) is 5.66. The Morgan fingerprint density at radius 1 is 0.300 bits per heavy atom. The van der Waals surface area contributed by atoms with Crippen LogP contribution in [0.2, 0.25) is 0 Å². The molecular formula is C49H31N. The van der Waals surface area contributed by atoms with Crippen molar-refractivity contribution in [3.63, 3.8) is 0 Å². The maximum absolute atomic E-state index is 2.48. The molecule has 0 atom stereocenters. The molecule has 0 saturated carbocycles. The fourth-order valence-corrected chi connectivity index (χ4v) is 9.16. The van der Waals surface area contributed by atoms with Crippen LogP contribution in [0.1, 0.15) is 22.3 Å². The summed E-state index contributed by atoms with van der Waals surface area (Å²) in [5, 5.41) is 2.52. The van der Waals surface area contributed by atoms with E-state index in [-0.39, 0.29) is 5.41 Å². The van der Waals surface area contributed by atoms with E-state index in [1.807, 2.05) is 0 Å². The molecule has 1 spiro atoms. The molecule has 0 saturated heterocycles. The third kappa shape index (κ3) is 3.61. The molecule has 1 nitrogen and oxygen atoms in total. The lowest BCUT2D eigenvalue weighted by molar-refractivity contribution is 0.794. The van der Waals surface area contributed by atoms with Crippen LogP contribution in [0.3, 0.4) is 0 Å². The summed E-state index contributed by atoms with van der Waals surface area (Å²) >= 11 is 0. The van der Waals surface area contributed by atoms with Crippen molar-refractivity contribution >= 4 is 21.8 Å². The normalized spacial score (nSPS) is 13.4. The van der Waals surface area contributed by atoms with Crippen molar-refractivity contribution in [3.05, 3.63) is 210 Å². The SMILES string of the molecule is c1ccc(-c2cccc(-n3c4ccccc4c4cc(-c5ccc6c(c5)C5(c7ccccc7-c7ccccc75)c5ccccc5-6)ccc43)c2)cc1. The van der Waals surface area contributed by atoms with E-state index in [1.165, 1.54) is 94.3 Å². The van der Waals surface area contributed by atoms with Gasteiger partial charge in [-0.2, -0.15) is 0 Å². The molecule has 0 bridgehead atoms. The molecule has 50 heavy (non-hydrogen) atoms. The molecular weight excluding hydrogens is 603 g/mol. The van der Waals surface area contributed by atoms with Gasteiger partial charge in [0.15, 0.2) is 0 Å². The minimum atomic E-state index is -0.348. The summed E-state index contributed by atoms with van der Waals surface area (Å²) in [6, 6.07) is 69.7. The van der Waals surface area contributed by atoms with Crippen LogP contribution in [0.4, 0.5) is 0 Å². The van der Waals surface area contributed by atoms with E-state index in [9.17, 15) is 0 Å². The highest BCUT2D eigenvalue weighted by Gasteiger charge is 2.51. The zero-order valence-electron chi connectivity index (χ0n) is 27.3. The summed E-state index contributed by atoms with van der Waals surface area (Å²) in [5.41, 5.74) is 19.0. The third-order valence-corrected chi connectivity index (χ3v) is 11.2. The molecule has 11 rings (SSSR count). The number of hydrogen-bond donors (Lipinski definition) is 0. The van der Waals surface area contributed by atoms with E-state index in [1.54, 1.807) is 0 Å². The minimum absolute atomic E-state index is 0.348. The van der Waals surface area contributed by atoms with Crippen LogP contribution in [0, 0.1) is 0 Å². The molecule has 0 aliphatic heterocycles. The van der Waals surface area contributed by atoms with Crippen molar-refractivity contribution in [2.45, 2.75) is 5.41 Å². The first-order valence-electron chi connectivity index (χ1n) is 17.4. The van der Waals surface area contributed by atoms with Crippen LogP contribution < -0.4 is 0 Å². The van der Waals surface area contributed by atoms with Gasteiger partial charge in [-0.15, -0.1) is 0 Å². The molecule has 9 aromatic rings. The van der Waals surface area contributed by atoms with Gasteiger partial charge in [0, 0.05) is 16.5 Å². The third-order valence-electron chi connectivity index (χ3n) is 11.2. The van der Waals surface area contributed by atoms with Crippen LogP contribution in [0.5, 0.6) is 0 Å². The largest absolute Gasteiger partial charge is 0.309 e. The number of hydrogen-bond acceptors (Lipinski definition) is 0. The Morgan fingerprint density at radius 2 is 0.820 bits per heavy atom. The number of para-hydroxylation sites is 1. The number of fused-ring (bicyclic) bond motifs is 13. The smallest absolute Gasteiger partial charge is 0.0725 e. The first kappa shape index (κ1) is 27.5. The fraction of sp³-hybridized carbons (Fsp3) is 0.0204. The zero-order chi connectivity index (χ0) is 32.8. The topological polar surface area (TPSA) is 4.93 Å². The number of rotatable bonds is 3. The quantitative estimate of drug-likeness (QED) is 0.182. The van der Waals surface area contributed by atoms with Crippen molar-refractivity contribution in [1.29, 1.82) is 0 Å². The average Bonchev–Trinajstić information content (AvgIpc) is 3.80. The van der Waals surface area contributed by atoms with E-state index >= 15 is 0 Å². The molecule has 1 aromatic heterocycles. The molecule has 232 valence electrons. The molecule has 0 amide bonds. The summed E-state index contributed by atoms with van der Waals surface area (Å²) in [5.74, 6) is 0. The van der Waals surface area contributed by atoms with Gasteiger partial charge in [0.1, 0.15) is 0 Å². The van der Waals surface area contributed by atoms with Crippen LogP contribution >= 0.6 is 0 Å². The molecule has 0 radical (unpaired) electrons. The van der Waals surface area contributed by atoms with Crippen molar-refractivity contribution in [2.24, 2.45) is 0 Å². The zero-order valence-corrected chi connectivity index (χ0v) is 27.3. The first-order chi connectivity index (χ1) is 24.8. The standard InChI is InChI=1S/C49H31N/c1-2-13-32(14-3-1)33-15-12-16-36(29-33)50-47-24-11-7-20-41(47)42-30-34(26-28-48(42)50)35-25-27-40-39-19-6-10-23-45(39)49(46(40)31-35)43-21-8-4-17-37(43)38-18-5-9-22-44(38)49/h1-31H. The van der Waals surface area contributed by atoms with Crippen molar-refractivity contribution < 1.29 is 0 Å². The molecule has 8 aromatic carbocycles. The van der Waals surface area contributed by atoms with E-state index in [4.69, 9.17) is 0 Å². The number of nitrogens with zero attached hydrogens (tertiary/aromatic N) is 1. The van der Waals surface area contributed by atoms with E-state index < -0.39 is 0 Å². The van der Waals surface area contributed by atoms with Crippen molar-refractivity contribution in [2.75, 3.05) is 0 Å². The summed E-state index contributed by atoms with van der Waals surface area (Å²) in [7, 11) is 0. The van der Waals surface area contributed by atoms with Gasteiger partial charge >= 0.3 is 0 Å². The van der Waals surface area contributed by atoms with Crippen LogP contribution in [0.15, 0.2) is 188 Å². The summed E-state index contributed by atoms with van der Waals surface area (Å²) in [4.78, 5) is 0. The molecule has 0 N–H and O–H groups in total. The van der Waals surface area contributed by atoms with E-state index in [2.05, 4.69) is 193 Å². The average molecular weight is 634 g/mol. The van der Waals surface area contributed by atoms with Gasteiger partial charge in [0.2, 0.25) is 0 Å². The molecule has 1 heterocycles. The monoisotopic (exact) mass is 633 g/mol. The highest BCUT2D eigenvalue weighted by Crippen LogP contribution is 2.63. The molecule has 1 heteroatoms. The van der Waals surface area contributed by atoms with Gasteiger partial charge in [-0.1, -0.05) is 152 Å². The Bertz CT molecular complexity index is 2750. The lowest BCUT2D eigenvalue weighted by atomic mass is 9.70. The maximum Gasteiger partial charge on any atom is 0.0725 e. The van der Waals surface area contributed by atoms with Gasteiger partial charge < -0.3 is 4.57 Å². The second-order valence-corrected chi connectivity index (χ2v) is 13.6. The van der Waals surface area contributed by atoms with Crippen LogP contribution in [-0.2, 0) is 5.41 Å². The molecule has 2 aliphatic carbocycles. The molecule has 2 aliphatic rings. The highest BCUT2D eigenvalue weighted by atomic mass is 15.0. The Balaban J connectivity index is 1.12. The first-order valence-corrected chi connectivity index (χ1v) is 17.4. The van der Waals surface area contributed by atoms with Crippen molar-refractivity contribution in [3.8, 4) is 50.2 Å². The van der Waals surface area contributed by atoms with Gasteiger partial charge in [-0.05, 0) is 103 Å². The van der Waals surface area contributed by atoms with Crippen LogP contribution in [0.25, 0.3) is 72.0 Å². The second kappa shape index (κ2) is 10.3. The lowest BCUT2D eigenvalue weighted by Gasteiger charge is -2.30. The summed E-state index contributed by atoms with van der Waals surface area (Å²) in [6.07, 6.45) is 0. The van der Waals surface area contributed by atoms with Gasteiger partial charge in [-0.3, -0.25) is 0 Å². The summed E-state index contributed by atoms with van der Waals surface area (Å²) < 4.78 is 2.42. The van der Waals surface area contributed by atoms with Gasteiger partial charge in [-0.25, -0.2) is 0 Å². The fourth-order valence-electron chi connectivity index (χ4n) is 9.16. The predicted octanol–water partition coefficient (Wildman–Crippen LogP) is 12.5. The lowest BCUT2D eigenvalue weighted by Crippen LogP contribution is -2.25. The highest BCUT2D eigenvalue weighted by molar-refractivity contribution is 6.10. The summed E-state index contributed by atoms with van der Waals surface area (Å²) in [6.45, 7) is 0.